The highest BCUT2D eigenvalue weighted by Gasteiger charge is 2.52. The van der Waals surface area contributed by atoms with Crippen molar-refractivity contribution >= 4 is 15.9 Å². The quantitative estimate of drug-likeness (QED) is 0.445. The van der Waals surface area contributed by atoms with Gasteiger partial charge in [-0.1, -0.05) is 34.1 Å². The van der Waals surface area contributed by atoms with E-state index in [1.807, 2.05) is 0 Å². The van der Waals surface area contributed by atoms with Gasteiger partial charge in [-0.05, 0) is 104 Å². The highest BCUT2D eigenvalue weighted by molar-refractivity contribution is 9.10. The third kappa shape index (κ3) is 3.45. The standard InChI is InChI=1S/C26H31BrO2/c1-16-4-5-21(24(27)8-16)22-6-17(2)7-23(25(22)29-15-28-3)26-12-18-9-19(13-26)11-20(10-18)14-26/h4-8,18-20H,9-15H2,1-3H3. The molecule has 0 aliphatic heterocycles. The molecule has 0 aromatic heterocycles. The molecule has 4 bridgehead atoms. The normalized spacial score (nSPS) is 30.0. The van der Waals surface area contributed by atoms with Crippen LogP contribution in [0.3, 0.4) is 0 Å². The van der Waals surface area contributed by atoms with Crippen LogP contribution in [0.5, 0.6) is 5.75 Å². The summed E-state index contributed by atoms with van der Waals surface area (Å²) >= 11 is 3.81. The molecule has 6 rings (SSSR count). The molecule has 4 aliphatic carbocycles. The zero-order valence-electron chi connectivity index (χ0n) is 17.8. The van der Waals surface area contributed by atoms with Gasteiger partial charge < -0.3 is 9.47 Å². The smallest absolute Gasteiger partial charge is 0.188 e. The molecule has 0 saturated heterocycles. The Morgan fingerprint density at radius 2 is 1.55 bits per heavy atom. The second-order valence-corrected chi connectivity index (χ2v) is 10.8. The summed E-state index contributed by atoms with van der Waals surface area (Å²) in [6, 6.07) is 11.3. The van der Waals surface area contributed by atoms with Crippen LogP contribution >= 0.6 is 15.9 Å². The number of methoxy groups -OCH3 is 1. The van der Waals surface area contributed by atoms with Crippen LogP contribution in [0, 0.1) is 31.6 Å². The van der Waals surface area contributed by atoms with E-state index in [0.29, 0.717) is 6.79 Å². The average Bonchev–Trinajstić information content (AvgIpc) is 2.65. The Balaban J connectivity index is 1.68. The van der Waals surface area contributed by atoms with E-state index in [2.05, 4.69) is 60.1 Å². The lowest BCUT2D eigenvalue weighted by molar-refractivity contribution is -0.00877. The molecule has 2 aromatic carbocycles. The minimum Gasteiger partial charge on any atom is -0.467 e. The van der Waals surface area contributed by atoms with E-state index in [1.54, 1.807) is 7.11 Å². The van der Waals surface area contributed by atoms with Crippen molar-refractivity contribution in [3.05, 3.63) is 51.5 Å². The third-order valence-corrected chi connectivity index (χ3v) is 8.23. The molecule has 2 nitrogen and oxygen atoms in total. The molecule has 0 heterocycles. The molecule has 0 atom stereocenters. The van der Waals surface area contributed by atoms with Gasteiger partial charge in [0.1, 0.15) is 5.75 Å². The number of ether oxygens (including phenoxy) is 2. The van der Waals surface area contributed by atoms with Crippen LogP contribution in [-0.2, 0) is 10.2 Å². The van der Waals surface area contributed by atoms with E-state index in [1.165, 1.54) is 66.3 Å². The summed E-state index contributed by atoms with van der Waals surface area (Å²) in [6.45, 7) is 4.66. The van der Waals surface area contributed by atoms with Gasteiger partial charge >= 0.3 is 0 Å². The van der Waals surface area contributed by atoms with Crippen molar-refractivity contribution in [2.24, 2.45) is 17.8 Å². The van der Waals surface area contributed by atoms with Gasteiger partial charge in [-0.2, -0.15) is 0 Å². The first-order chi connectivity index (χ1) is 14.0. The largest absolute Gasteiger partial charge is 0.467 e. The van der Waals surface area contributed by atoms with Crippen LogP contribution in [0.25, 0.3) is 11.1 Å². The minimum atomic E-state index is 0.287. The maximum atomic E-state index is 6.36. The number of hydrogen-bond donors (Lipinski definition) is 0. The van der Waals surface area contributed by atoms with E-state index in [-0.39, 0.29) is 5.41 Å². The lowest BCUT2D eigenvalue weighted by Crippen LogP contribution is -2.48. The second kappa shape index (κ2) is 7.42. The Kier molecular flexibility index (Phi) is 5.03. The predicted octanol–water partition coefficient (Wildman–Crippen LogP) is 7.18. The first-order valence-corrected chi connectivity index (χ1v) is 11.8. The average molecular weight is 455 g/mol. The lowest BCUT2D eigenvalue weighted by Gasteiger charge is -2.57. The molecule has 4 aliphatic rings. The van der Waals surface area contributed by atoms with Crippen LogP contribution in [0.1, 0.15) is 55.2 Å². The molecule has 0 N–H and O–H groups in total. The topological polar surface area (TPSA) is 18.5 Å². The summed E-state index contributed by atoms with van der Waals surface area (Å²) in [5, 5.41) is 0. The molecule has 0 unspecified atom stereocenters. The van der Waals surface area contributed by atoms with E-state index in [0.717, 1.165) is 28.0 Å². The fourth-order valence-electron chi connectivity index (χ4n) is 6.92. The maximum Gasteiger partial charge on any atom is 0.188 e. The van der Waals surface area contributed by atoms with Crippen molar-refractivity contribution in [2.45, 2.75) is 57.8 Å². The molecule has 4 fully saturated rings. The highest BCUT2D eigenvalue weighted by Crippen LogP contribution is 2.62. The van der Waals surface area contributed by atoms with Gasteiger partial charge in [0.25, 0.3) is 0 Å². The van der Waals surface area contributed by atoms with Crippen molar-refractivity contribution in [1.82, 2.24) is 0 Å². The van der Waals surface area contributed by atoms with Crippen LogP contribution in [0.2, 0.25) is 0 Å². The summed E-state index contributed by atoms with van der Waals surface area (Å²) in [6.07, 6.45) is 8.36. The first-order valence-electron chi connectivity index (χ1n) is 11.0. The number of rotatable bonds is 5. The van der Waals surface area contributed by atoms with Crippen LogP contribution in [-0.4, -0.2) is 13.9 Å². The number of hydrogen-bond acceptors (Lipinski definition) is 2. The Labute approximate surface area is 183 Å². The molecule has 0 radical (unpaired) electrons. The Bertz CT molecular complexity index is 897. The van der Waals surface area contributed by atoms with E-state index >= 15 is 0 Å². The van der Waals surface area contributed by atoms with Gasteiger partial charge in [0.15, 0.2) is 6.79 Å². The molecule has 29 heavy (non-hydrogen) atoms. The summed E-state index contributed by atoms with van der Waals surface area (Å²) < 4.78 is 12.8. The van der Waals surface area contributed by atoms with Crippen molar-refractivity contribution in [1.29, 1.82) is 0 Å². The van der Waals surface area contributed by atoms with Crippen molar-refractivity contribution in [3.63, 3.8) is 0 Å². The van der Waals surface area contributed by atoms with Crippen LogP contribution in [0.15, 0.2) is 34.8 Å². The number of benzene rings is 2. The maximum absolute atomic E-state index is 6.36. The van der Waals surface area contributed by atoms with Gasteiger partial charge in [0.2, 0.25) is 0 Å². The van der Waals surface area contributed by atoms with Crippen molar-refractivity contribution in [2.75, 3.05) is 13.9 Å². The summed E-state index contributed by atoms with van der Waals surface area (Å²) in [7, 11) is 1.71. The molecular formula is C26H31BrO2. The van der Waals surface area contributed by atoms with Crippen LogP contribution in [0.4, 0.5) is 0 Å². The molecule has 4 saturated carbocycles. The molecular weight excluding hydrogens is 424 g/mol. The third-order valence-electron chi connectivity index (χ3n) is 7.58. The second-order valence-electron chi connectivity index (χ2n) is 9.92. The van der Waals surface area contributed by atoms with Crippen molar-refractivity contribution in [3.8, 4) is 16.9 Å². The van der Waals surface area contributed by atoms with E-state index in [9.17, 15) is 0 Å². The minimum absolute atomic E-state index is 0.287. The van der Waals surface area contributed by atoms with Gasteiger partial charge in [-0.15, -0.1) is 0 Å². The van der Waals surface area contributed by atoms with E-state index < -0.39 is 0 Å². The lowest BCUT2D eigenvalue weighted by atomic mass is 9.48. The molecule has 0 amide bonds. The Hall–Kier alpha value is -1.32. The fraction of sp³-hybridized carbons (Fsp3) is 0.538. The summed E-state index contributed by atoms with van der Waals surface area (Å²) in [5.41, 5.74) is 6.71. The zero-order valence-corrected chi connectivity index (χ0v) is 19.3. The summed E-state index contributed by atoms with van der Waals surface area (Å²) in [4.78, 5) is 0. The molecule has 3 heteroatoms. The SMILES string of the molecule is COCOc1c(-c2ccc(C)cc2Br)cc(C)cc1C12CC3CC(CC(C3)C1)C2. The summed E-state index contributed by atoms with van der Waals surface area (Å²) in [5.74, 6) is 3.77. The van der Waals surface area contributed by atoms with E-state index in [4.69, 9.17) is 9.47 Å². The predicted molar refractivity (Wildman–Crippen MR) is 121 cm³/mol. The number of aryl methyl sites for hydroxylation is 2. The van der Waals surface area contributed by atoms with Gasteiger partial charge in [-0.3, -0.25) is 0 Å². The zero-order chi connectivity index (χ0) is 20.2. The van der Waals surface area contributed by atoms with Crippen LogP contribution < -0.4 is 4.74 Å². The van der Waals surface area contributed by atoms with Gasteiger partial charge in [0.05, 0.1) is 0 Å². The fourth-order valence-corrected chi connectivity index (χ4v) is 7.63. The Morgan fingerprint density at radius 1 is 0.897 bits per heavy atom. The first kappa shape index (κ1) is 19.6. The monoisotopic (exact) mass is 454 g/mol. The van der Waals surface area contributed by atoms with Crippen molar-refractivity contribution < 1.29 is 9.47 Å². The highest BCUT2D eigenvalue weighted by atomic mass is 79.9. The molecule has 154 valence electrons. The molecule has 2 aromatic rings. The number of halogens is 1. The Morgan fingerprint density at radius 3 is 2.14 bits per heavy atom. The van der Waals surface area contributed by atoms with Gasteiger partial charge in [-0.25, -0.2) is 0 Å². The molecule has 0 spiro atoms. The van der Waals surface area contributed by atoms with Gasteiger partial charge in [0, 0.05) is 22.7 Å².